The molecule has 8 heteroatoms. The zero-order chi connectivity index (χ0) is 19.2. The van der Waals surface area contributed by atoms with Gasteiger partial charge >= 0.3 is 0 Å². The van der Waals surface area contributed by atoms with E-state index < -0.39 is 10.0 Å². The SMILES string of the molecule is COc1ccc(Br)cc1CN(C)C(=O)CNS(=O)(=O)Cc1ccccc1. The molecule has 0 atom stereocenters. The maximum absolute atomic E-state index is 12.3. The number of hydrogen-bond acceptors (Lipinski definition) is 4. The van der Waals surface area contributed by atoms with Crippen molar-refractivity contribution in [2.75, 3.05) is 20.7 Å². The maximum atomic E-state index is 12.3. The molecule has 0 aliphatic heterocycles. The summed E-state index contributed by atoms with van der Waals surface area (Å²) in [7, 11) is -0.404. The molecule has 2 aromatic rings. The van der Waals surface area contributed by atoms with Crippen LogP contribution in [0.3, 0.4) is 0 Å². The fraction of sp³-hybridized carbons (Fsp3) is 0.278. The number of benzene rings is 2. The molecule has 0 heterocycles. The number of nitrogens with one attached hydrogen (secondary N) is 1. The lowest BCUT2D eigenvalue weighted by Gasteiger charge is -2.19. The van der Waals surface area contributed by atoms with E-state index in [1.807, 2.05) is 18.2 Å². The molecular formula is C18H21BrN2O4S. The summed E-state index contributed by atoms with van der Waals surface area (Å²) in [5.41, 5.74) is 1.49. The van der Waals surface area contributed by atoms with Crippen LogP contribution >= 0.6 is 15.9 Å². The molecule has 0 saturated carbocycles. The van der Waals surface area contributed by atoms with Crippen molar-refractivity contribution in [3.8, 4) is 5.75 Å². The third-order valence-corrected chi connectivity index (χ3v) is 5.51. The van der Waals surface area contributed by atoms with Crippen LogP contribution in [0.2, 0.25) is 0 Å². The predicted molar refractivity (Wildman–Crippen MR) is 104 cm³/mol. The summed E-state index contributed by atoms with van der Waals surface area (Å²) >= 11 is 3.39. The van der Waals surface area contributed by atoms with E-state index in [0.29, 0.717) is 17.9 Å². The second-order valence-electron chi connectivity index (χ2n) is 5.77. The highest BCUT2D eigenvalue weighted by molar-refractivity contribution is 9.10. The first-order valence-electron chi connectivity index (χ1n) is 7.88. The molecule has 0 saturated heterocycles. The van der Waals surface area contributed by atoms with Gasteiger partial charge in [0.05, 0.1) is 19.4 Å². The zero-order valence-electron chi connectivity index (χ0n) is 14.6. The molecule has 140 valence electrons. The van der Waals surface area contributed by atoms with Crippen LogP contribution in [0.4, 0.5) is 0 Å². The molecule has 1 N–H and O–H groups in total. The highest BCUT2D eigenvalue weighted by Crippen LogP contribution is 2.24. The van der Waals surface area contributed by atoms with Crippen LogP contribution in [-0.2, 0) is 27.1 Å². The Kier molecular flexibility index (Phi) is 7.19. The van der Waals surface area contributed by atoms with Gasteiger partial charge in [-0.2, -0.15) is 0 Å². The van der Waals surface area contributed by atoms with Crippen LogP contribution in [0.5, 0.6) is 5.75 Å². The number of carbonyl (C=O) groups excluding carboxylic acids is 1. The fourth-order valence-electron chi connectivity index (χ4n) is 2.37. The summed E-state index contributed by atoms with van der Waals surface area (Å²) in [6.07, 6.45) is 0. The summed E-state index contributed by atoms with van der Waals surface area (Å²) in [5.74, 6) is 0.172. The van der Waals surface area contributed by atoms with Crippen molar-refractivity contribution in [2.45, 2.75) is 12.3 Å². The number of methoxy groups -OCH3 is 1. The van der Waals surface area contributed by atoms with Gasteiger partial charge in [-0.25, -0.2) is 13.1 Å². The van der Waals surface area contributed by atoms with Gasteiger partial charge in [0.1, 0.15) is 5.75 Å². The molecule has 0 aromatic heterocycles. The Morgan fingerprint density at radius 1 is 1.19 bits per heavy atom. The summed E-state index contributed by atoms with van der Waals surface area (Å²) in [6, 6.07) is 14.3. The Balaban J connectivity index is 1.94. The molecule has 0 aliphatic carbocycles. The third-order valence-electron chi connectivity index (χ3n) is 3.72. The van der Waals surface area contributed by atoms with Crippen molar-refractivity contribution in [2.24, 2.45) is 0 Å². The first kappa shape index (κ1) is 20.4. The van der Waals surface area contributed by atoms with E-state index in [-0.39, 0.29) is 18.2 Å². The van der Waals surface area contributed by atoms with Crippen LogP contribution in [-0.4, -0.2) is 39.9 Å². The predicted octanol–water partition coefficient (Wildman–Crippen LogP) is 2.54. The van der Waals surface area contributed by atoms with E-state index in [2.05, 4.69) is 20.7 Å². The van der Waals surface area contributed by atoms with Gasteiger partial charge in [0, 0.05) is 23.6 Å². The van der Waals surface area contributed by atoms with Crippen molar-refractivity contribution >= 4 is 31.9 Å². The topological polar surface area (TPSA) is 75.7 Å². The second-order valence-corrected chi connectivity index (χ2v) is 8.49. The Hall–Kier alpha value is -1.90. The molecule has 1 amide bonds. The van der Waals surface area contributed by atoms with Gasteiger partial charge in [0.2, 0.25) is 15.9 Å². The first-order chi connectivity index (χ1) is 12.3. The molecule has 6 nitrogen and oxygen atoms in total. The number of hydrogen-bond donors (Lipinski definition) is 1. The largest absolute Gasteiger partial charge is 0.496 e. The lowest BCUT2D eigenvalue weighted by Crippen LogP contribution is -2.38. The molecule has 0 bridgehead atoms. The van der Waals surface area contributed by atoms with Gasteiger partial charge in [0.25, 0.3) is 0 Å². The van der Waals surface area contributed by atoms with Crippen LogP contribution in [0.25, 0.3) is 0 Å². The van der Waals surface area contributed by atoms with E-state index in [4.69, 9.17) is 4.74 Å². The highest BCUT2D eigenvalue weighted by atomic mass is 79.9. The standard InChI is InChI=1S/C18H21BrN2O4S/c1-21(12-15-10-16(19)8-9-17(15)25-2)18(22)11-20-26(23,24)13-14-6-4-3-5-7-14/h3-10,20H,11-13H2,1-2H3. The number of nitrogens with zero attached hydrogens (tertiary/aromatic N) is 1. The van der Waals surface area contributed by atoms with Gasteiger partial charge in [-0.3, -0.25) is 4.79 Å². The molecular weight excluding hydrogens is 420 g/mol. The van der Waals surface area contributed by atoms with E-state index in [0.717, 1.165) is 10.0 Å². The molecule has 0 unspecified atom stereocenters. The monoisotopic (exact) mass is 440 g/mol. The molecule has 2 rings (SSSR count). The summed E-state index contributed by atoms with van der Waals surface area (Å²) in [4.78, 5) is 13.7. The van der Waals surface area contributed by atoms with Crippen molar-refractivity contribution < 1.29 is 17.9 Å². The molecule has 0 aliphatic rings. The average Bonchev–Trinajstić information content (AvgIpc) is 2.60. The van der Waals surface area contributed by atoms with Crippen molar-refractivity contribution in [3.05, 3.63) is 64.1 Å². The second kappa shape index (κ2) is 9.16. The Bertz CT molecular complexity index is 857. The quantitative estimate of drug-likeness (QED) is 0.683. The summed E-state index contributed by atoms with van der Waals surface area (Å²) < 4.78 is 32.8. The Morgan fingerprint density at radius 3 is 2.54 bits per heavy atom. The number of likely N-dealkylation sites (N-methyl/N-ethyl adjacent to an activating group) is 1. The minimum absolute atomic E-state index is 0.162. The number of amides is 1. The van der Waals surface area contributed by atoms with Crippen LogP contribution in [0, 0.1) is 0 Å². The Labute approximate surface area is 162 Å². The highest BCUT2D eigenvalue weighted by Gasteiger charge is 2.17. The van der Waals surface area contributed by atoms with Gasteiger partial charge < -0.3 is 9.64 Å². The van der Waals surface area contributed by atoms with Gasteiger partial charge in [-0.15, -0.1) is 0 Å². The van der Waals surface area contributed by atoms with E-state index >= 15 is 0 Å². The maximum Gasteiger partial charge on any atom is 0.237 e. The van der Waals surface area contributed by atoms with Crippen LogP contribution in [0.1, 0.15) is 11.1 Å². The minimum atomic E-state index is -3.59. The van der Waals surface area contributed by atoms with Crippen LogP contribution in [0.15, 0.2) is 53.0 Å². The van der Waals surface area contributed by atoms with E-state index in [1.165, 1.54) is 4.90 Å². The van der Waals surface area contributed by atoms with Crippen LogP contribution < -0.4 is 9.46 Å². The van der Waals surface area contributed by atoms with Gasteiger partial charge in [-0.05, 0) is 23.8 Å². The van der Waals surface area contributed by atoms with Crippen molar-refractivity contribution in [1.82, 2.24) is 9.62 Å². The fourth-order valence-corrected chi connectivity index (χ4v) is 3.85. The van der Waals surface area contributed by atoms with E-state index in [9.17, 15) is 13.2 Å². The lowest BCUT2D eigenvalue weighted by molar-refractivity contribution is -0.129. The third kappa shape index (κ3) is 6.12. The molecule has 0 spiro atoms. The van der Waals surface area contributed by atoms with Gasteiger partial charge in [0.15, 0.2) is 0 Å². The number of rotatable bonds is 8. The minimum Gasteiger partial charge on any atom is -0.496 e. The Morgan fingerprint density at radius 2 is 1.88 bits per heavy atom. The molecule has 26 heavy (non-hydrogen) atoms. The number of sulfonamides is 1. The molecule has 0 radical (unpaired) electrons. The normalized spacial score (nSPS) is 11.2. The number of carbonyl (C=O) groups is 1. The average molecular weight is 441 g/mol. The summed E-state index contributed by atoms with van der Waals surface area (Å²) in [6.45, 7) is 0.0177. The van der Waals surface area contributed by atoms with Gasteiger partial charge in [-0.1, -0.05) is 46.3 Å². The molecule has 2 aromatic carbocycles. The smallest absolute Gasteiger partial charge is 0.237 e. The summed E-state index contributed by atoms with van der Waals surface area (Å²) in [5, 5.41) is 0. The van der Waals surface area contributed by atoms with Crippen molar-refractivity contribution in [3.63, 3.8) is 0 Å². The van der Waals surface area contributed by atoms with E-state index in [1.54, 1.807) is 44.5 Å². The lowest BCUT2D eigenvalue weighted by atomic mass is 10.2. The zero-order valence-corrected chi connectivity index (χ0v) is 17.0. The number of ether oxygens (including phenoxy) is 1. The molecule has 0 fully saturated rings. The first-order valence-corrected chi connectivity index (χ1v) is 10.3. The number of halogens is 1. The van der Waals surface area contributed by atoms with Crippen molar-refractivity contribution in [1.29, 1.82) is 0 Å².